The van der Waals surface area contributed by atoms with Crippen LogP contribution in [0.15, 0.2) is 42.5 Å². The highest BCUT2D eigenvalue weighted by Crippen LogP contribution is 2.33. The molecular weight excluding hydrogens is 363 g/mol. The predicted octanol–water partition coefficient (Wildman–Crippen LogP) is 3.08. The van der Waals surface area contributed by atoms with Crippen molar-refractivity contribution in [2.75, 3.05) is 18.5 Å². The number of halogens is 2. The minimum atomic E-state index is -0.752. The number of hydrogen-bond acceptors (Lipinski definition) is 3. The third-order valence-corrected chi connectivity index (χ3v) is 4.69. The Morgan fingerprint density at radius 3 is 2.68 bits per heavy atom. The van der Waals surface area contributed by atoms with E-state index in [-0.39, 0.29) is 24.8 Å². The second-order valence-corrected chi connectivity index (χ2v) is 6.43. The van der Waals surface area contributed by atoms with Crippen molar-refractivity contribution in [2.45, 2.75) is 12.5 Å². The van der Waals surface area contributed by atoms with Crippen molar-refractivity contribution in [1.29, 1.82) is 0 Å². The van der Waals surface area contributed by atoms with Gasteiger partial charge in [-0.3, -0.25) is 9.59 Å². The first-order chi connectivity index (χ1) is 12.0. The number of nitrogens with one attached hydrogen (secondary N) is 1. The van der Waals surface area contributed by atoms with E-state index in [2.05, 4.69) is 5.32 Å². The van der Waals surface area contributed by atoms with Crippen molar-refractivity contribution in [2.24, 2.45) is 0 Å². The summed E-state index contributed by atoms with van der Waals surface area (Å²) in [4.78, 5) is 26.4. The molecule has 1 N–H and O–H groups in total. The Hall–Kier alpha value is -2.24. The van der Waals surface area contributed by atoms with Crippen LogP contribution < -0.4 is 15.0 Å². The lowest BCUT2D eigenvalue weighted by Crippen LogP contribution is -2.50. The first-order valence-electron chi connectivity index (χ1n) is 7.71. The number of ether oxygens (including phenoxy) is 1. The van der Waals surface area contributed by atoms with Crippen molar-refractivity contribution in [1.82, 2.24) is 5.32 Å². The molecule has 2 aromatic rings. The zero-order chi connectivity index (χ0) is 18.0. The molecule has 1 aliphatic heterocycles. The normalized spacial score (nSPS) is 16.0. The smallest absolute Gasteiger partial charge is 0.262 e. The molecule has 2 amide bonds. The number of hydrogen-bond donors (Lipinski definition) is 1. The molecule has 0 spiro atoms. The third-order valence-electron chi connectivity index (χ3n) is 3.95. The van der Waals surface area contributed by atoms with Crippen LogP contribution in [-0.2, 0) is 16.0 Å². The predicted molar refractivity (Wildman–Crippen MR) is 97.4 cm³/mol. The SMILES string of the molecule is CNC(=O)[C@H]1CN(C(=O)Cc2ccc(Cl)c(Cl)c2)c2ccccc2O1. The molecule has 0 radical (unpaired) electrons. The van der Waals surface area contributed by atoms with Crippen molar-refractivity contribution in [3.05, 3.63) is 58.1 Å². The van der Waals surface area contributed by atoms with E-state index < -0.39 is 6.10 Å². The van der Waals surface area contributed by atoms with Gasteiger partial charge in [0.15, 0.2) is 6.10 Å². The highest BCUT2D eigenvalue weighted by molar-refractivity contribution is 6.42. The van der Waals surface area contributed by atoms with Crippen molar-refractivity contribution in [3.8, 4) is 5.75 Å². The molecule has 25 heavy (non-hydrogen) atoms. The molecule has 0 fully saturated rings. The Kier molecular flexibility index (Phi) is 5.16. The van der Waals surface area contributed by atoms with Crippen LogP contribution in [-0.4, -0.2) is 31.5 Å². The molecule has 2 aromatic carbocycles. The summed E-state index contributed by atoms with van der Waals surface area (Å²) in [5.74, 6) is 0.0784. The molecule has 7 heteroatoms. The number of amides is 2. The Balaban J connectivity index is 1.87. The van der Waals surface area contributed by atoms with Gasteiger partial charge in [-0.25, -0.2) is 0 Å². The Morgan fingerprint density at radius 1 is 1.20 bits per heavy atom. The van der Waals surface area contributed by atoms with Gasteiger partial charge >= 0.3 is 0 Å². The van der Waals surface area contributed by atoms with Crippen LogP contribution >= 0.6 is 23.2 Å². The summed E-state index contributed by atoms with van der Waals surface area (Å²) in [6, 6.07) is 12.2. The van der Waals surface area contributed by atoms with Gasteiger partial charge in [-0.15, -0.1) is 0 Å². The fourth-order valence-corrected chi connectivity index (χ4v) is 3.01. The maximum absolute atomic E-state index is 12.8. The summed E-state index contributed by atoms with van der Waals surface area (Å²) in [7, 11) is 1.54. The average molecular weight is 379 g/mol. The molecule has 0 aliphatic carbocycles. The molecule has 0 unspecified atom stereocenters. The molecule has 1 atom stereocenters. The van der Waals surface area contributed by atoms with E-state index in [1.54, 1.807) is 41.3 Å². The van der Waals surface area contributed by atoms with Crippen molar-refractivity contribution < 1.29 is 14.3 Å². The minimum Gasteiger partial charge on any atom is -0.477 e. The van der Waals surface area contributed by atoms with E-state index in [1.165, 1.54) is 7.05 Å². The van der Waals surface area contributed by atoms with Crippen LogP contribution in [0.2, 0.25) is 10.0 Å². The van der Waals surface area contributed by atoms with Gasteiger partial charge in [-0.05, 0) is 29.8 Å². The summed E-state index contributed by atoms with van der Waals surface area (Å²) >= 11 is 11.9. The van der Waals surface area contributed by atoms with Gasteiger partial charge in [-0.1, -0.05) is 41.4 Å². The van der Waals surface area contributed by atoms with E-state index in [9.17, 15) is 9.59 Å². The largest absolute Gasteiger partial charge is 0.477 e. The number of fused-ring (bicyclic) bond motifs is 1. The van der Waals surface area contributed by atoms with Crippen LogP contribution in [0.25, 0.3) is 0 Å². The quantitative estimate of drug-likeness (QED) is 0.892. The average Bonchev–Trinajstić information content (AvgIpc) is 2.63. The van der Waals surface area contributed by atoms with Crippen LogP contribution in [0.5, 0.6) is 5.75 Å². The van der Waals surface area contributed by atoms with E-state index in [0.29, 0.717) is 21.5 Å². The number of benzene rings is 2. The molecule has 130 valence electrons. The number of anilines is 1. The lowest BCUT2D eigenvalue weighted by Gasteiger charge is -2.34. The van der Waals surface area contributed by atoms with Gasteiger partial charge in [0, 0.05) is 7.05 Å². The zero-order valence-corrected chi connectivity index (χ0v) is 15.0. The molecule has 3 rings (SSSR count). The number of carbonyl (C=O) groups excluding carboxylic acids is 2. The molecule has 0 bridgehead atoms. The van der Waals surface area contributed by atoms with Gasteiger partial charge in [-0.2, -0.15) is 0 Å². The van der Waals surface area contributed by atoms with Crippen LogP contribution in [0.3, 0.4) is 0 Å². The topological polar surface area (TPSA) is 58.6 Å². The van der Waals surface area contributed by atoms with Gasteiger partial charge in [0.1, 0.15) is 5.75 Å². The summed E-state index contributed by atoms with van der Waals surface area (Å²) in [5.41, 5.74) is 1.40. The van der Waals surface area contributed by atoms with Crippen molar-refractivity contribution >= 4 is 40.7 Å². The van der Waals surface area contributed by atoms with Gasteiger partial charge in [0.2, 0.25) is 5.91 Å². The van der Waals surface area contributed by atoms with Crippen LogP contribution in [0.4, 0.5) is 5.69 Å². The lowest BCUT2D eigenvalue weighted by atomic mass is 10.1. The number of rotatable bonds is 3. The van der Waals surface area contributed by atoms with E-state index >= 15 is 0 Å². The fourth-order valence-electron chi connectivity index (χ4n) is 2.69. The number of carbonyl (C=O) groups is 2. The Labute approximate surface area is 155 Å². The number of para-hydroxylation sites is 2. The van der Waals surface area contributed by atoms with E-state index in [1.807, 2.05) is 6.07 Å². The zero-order valence-electron chi connectivity index (χ0n) is 13.5. The minimum absolute atomic E-state index is 0.145. The molecule has 1 heterocycles. The fraction of sp³-hybridized carbons (Fsp3) is 0.222. The highest BCUT2D eigenvalue weighted by Gasteiger charge is 2.33. The molecule has 0 aromatic heterocycles. The summed E-state index contributed by atoms with van der Waals surface area (Å²) in [5, 5.41) is 3.39. The van der Waals surface area contributed by atoms with Crippen LogP contribution in [0.1, 0.15) is 5.56 Å². The molecule has 0 saturated carbocycles. The Morgan fingerprint density at radius 2 is 1.96 bits per heavy atom. The summed E-state index contributed by atoms with van der Waals surface area (Å²) in [6.45, 7) is 0.150. The molecular formula is C18H16Cl2N2O3. The maximum Gasteiger partial charge on any atom is 0.262 e. The highest BCUT2D eigenvalue weighted by atomic mass is 35.5. The van der Waals surface area contributed by atoms with Crippen molar-refractivity contribution in [3.63, 3.8) is 0 Å². The first-order valence-corrected chi connectivity index (χ1v) is 8.46. The first kappa shape index (κ1) is 17.6. The summed E-state index contributed by atoms with van der Waals surface area (Å²) < 4.78 is 5.71. The maximum atomic E-state index is 12.8. The second kappa shape index (κ2) is 7.33. The third kappa shape index (κ3) is 3.72. The van der Waals surface area contributed by atoms with Gasteiger partial charge in [0.05, 0.1) is 28.7 Å². The molecule has 1 aliphatic rings. The van der Waals surface area contributed by atoms with Gasteiger partial charge in [0.25, 0.3) is 5.91 Å². The Bertz CT molecular complexity index is 826. The summed E-state index contributed by atoms with van der Waals surface area (Å²) in [6.07, 6.45) is -0.608. The second-order valence-electron chi connectivity index (χ2n) is 5.62. The van der Waals surface area contributed by atoms with Gasteiger partial charge < -0.3 is 15.0 Å². The van der Waals surface area contributed by atoms with E-state index in [4.69, 9.17) is 27.9 Å². The van der Waals surface area contributed by atoms with E-state index in [0.717, 1.165) is 5.56 Å². The monoisotopic (exact) mass is 378 g/mol. The molecule has 5 nitrogen and oxygen atoms in total. The number of likely N-dealkylation sites (N-methyl/N-ethyl adjacent to an activating group) is 1. The van der Waals surface area contributed by atoms with Crippen LogP contribution in [0, 0.1) is 0 Å². The standard InChI is InChI=1S/C18H16Cl2N2O3/c1-21-18(24)16-10-22(14-4-2-3-5-15(14)25-16)17(23)9-11-6-7-12(19)13(20)8-11/h2-8,16H,9-10H2,1H3,(H,21,24)/t16-/m1/s1. The molecule has 0 saturated heterocycles. The number of nitrogens with zero attached hydrogens (tertiary/aromatic N) is 1. The lowest BCUT2D eigenvalue weighted by molar-refractivity contribution is -0.127.